The van der Waals surface area contributed by atoms with E-state index in [0.717, 1.165) is 5.57 Å². The van der Waals surface area contributed by atoms with E-state index in [1.807, 2.05) is 13.0 Å². The van der Waals surface area contributed by atoms with E-state index in [1.54, 1.807) is 27.7 Å². The summed E-state index contributed by atoms with van der Waals surface area (Å²) in [4.78, 5) is 37.0. The number of methoxy groups -OCH3 is 2. The monoisotopic (exact) mass is 569 g/mol. The third-order valence-electron chi connectivity index (χ3n) is 5.94. The number of ether oxygens (including phenoxy) is 5. The minimum absolute atomic E-state index is 0.0144. The van der Waals surface area contributed by atoms with Gasteiger partial charge in [0, 0.05) is 24.7 Å². The number of rotatable bonds is 15. The molecule has 0 saturated carbocycles. The maximum atomic E-state index is 14.0. The van der Waals surface area contributed by atoms with Gasteiger partial charge in [-0.3, -0.25) is 14.2 Å². The number of fused-ring (bicyclic) bond motifs is 1. The van der Waals surface area contributed by atoms with Crippen molar-refractivity contribution in [1.82, 2.24) is 5.09 Å². The van der Waals surface area contributed by atoms with Crippen molar-refractivity contribution in [3.63, 3.8) is 0 Å². The molecule has 2 atom stereocenters. The van der Waals surface area contributed by atoms with E-state index in [1.165, 1.54) is 21.1 Å². The number of allylic oxidation sites excluding steroid dienone is 2. The molecule has 1 aromatic rings. The molecule has 0 aromatic heterocycles. The number of hydrogen-bond acceptors (Lipinski definition) is 10. The van der Waals surface area contributed by atoms with Crippen LogP contribution in [0.5, 0.6) is 11.5 Å². The third kappa shape index (κ3) is 8.55. The summed E-state index contributed by atoms with van der Waals surface area (Å²) in [6, 6.07) is -0.991. The molecule has 1 aromatic carbocycles. The molecular weight excluding hydrogens is 529 g/mol. The fourth-order valence-corrected chi connectivity index (χ4v) is 5.82. The van der Waals surface area contributed by atoms with Crippen LogP contribution in [0.25, 0.3) is 0 Å². The van der Waals surface area contributed by atoms with Gasteiger partial charge in [-0.05, 0) is 59.9 Å². The molecule has 1 N–H and O–H groups in total. The second-order valence-electron chi connectivity index (χ2n) is 9.47. The van der Waals surface area contributed by atoms with Crippen molar-refractivity contribution in [2.75, 3.05) is 27.2 Å². The minimum Gasteiger partial charge on any atom is -0.496 e. The van der Waals surface area contributed by atoms with Crippen molar-refractivity contribution in [2.24, 2.45) is 0 Å². The smallest absolute Gasteiger partial charge is 0.342 e. The van der Waals surface area contributed by atoms with Gasteiger partial charge in [0.25, 0.3) is 0 Å². The lowest BCUT2D eigenvalue weighted by molar-refractivity contribution is -0.149. The molecule has 0 radical (unpaired) electrons. The van der Waals surface area contributed by atoms with E-state index in [-0.39, 0.29) is 49.2 Å². The van der Waals surface area contributed by atoms with Gasteiger partial charge in [0.05, 0.1) is 19.8 Å². The van der Waals surface area contributed by atoms with Crippen molar-refractivity contribution in [3.8, 4) is 11.5 Å². The van der Waals surface area contributed by atoms with Crippen molar-refractivity contribution in [2.45, 2.75) is 79.6 Å². The van der Waals surface area contributed by atoms with Crippen LogP contribution in [-0.4, -0.2) is 57.2 Å². The van der Waals surface area contributed by atoms with Gasteiger partial charge in [-0.25, -0.2) is 9.88 Å². The number of benzene rings is 1. The van der Waals surface area contributed by atoms with Gasteiger partial charge in [0.1, 0.15) is 36.1 Å². The van der Waals surface area contributed by atoms with Crippen LogP contribution < -0.4 is 14.3 Å². The molecule has 1 aliphatic rings. The van der Waals surface area contributed by atoms with Crippen molar-refractivity contribution < 1.29 is 47.2 Å². The summed E-state index contributed by atoms with van der Waals surface area (Å²) in [5.41, 5.74) is 2.78. The molecular formula is C27H40NO10P. The Hall–Kier alpha value is -2.88. The fourth-order valence-electron chi connectivity index (χ4n) is 4.11. The summed E-state index contributed by atoms with van der Waals surface area (Å²) in [6.45, 7) is 10.7. The predicted molar refractivity (Wildman–Crippen MR) is 144 cm³/mol. The fraction of sp³-hybridized carbons (Fsp3) is 0.593. The average molecular weight is 570 g/mol. The van der Waals surface area contributed by atoms with Crippen LogP contribution in [0.3, 0.4) is 0 Å². The van der Waals surface area contributed by atoms with E-state index in [4.69, 9.17) is 28.2 Å². The number of esters is 3. The molecule has 12 heteroatoms. The molecule has 11 nitrogen and oxygen atoms in total. The molecule has 0 aliphatic carbocycles. The highest BCUT2D eigenvalue weighted by atomic mass is 31.2. The Morgan fingerprint density at radius 3 is 2.44 bits per heavy atom. The minimum atomic E-state index is -3.92. The first-order chi connectivity index (χ1) is 18.4. The molecule has 1 heterocycles. The predicted octanol–water partition coefficient (Wildman–Crippen LogP) is 4.61. The number of nitrogens with one attached hydrogen (secondary N) is 1. The summed E-state index contributed by atoms with van der Waals surface area (Å²) < 4.78 is 46.5. The van der Waals surface area contributed by atoms with Gasteiger partial charge in [-0.1, -0.05) is 11.6 Å². The van der Waals surface area contributed by atoms with Crippen LogP contribution in [-0.2, 0) is 46.1 Å². The van der Waals surface area contributed by atoms with E-state index >= 15 is 0 Å². The first-order valence-electron chi connectivity index (χ1n) is 12.8. The largest absolute Gasteiger partial charge is 0.496 e. The lowest BCUT2D eigenvalue weighted by atomic mass is 9.94. The van der Waals surface area contributed by atoms with E-state index in [9.17, 15) is 18.9 Å². The third-order valence-corrected chi connectivity index (χ3v) is 7.80. The van der Waals surface area contributed by atoms with Crippen molar-refractivity contribution >= 4 is 25.4 Å². The van der Waals surface area contributed by atoms with Crippen LogP contribution in [0.1, 0.15) is 74.5 Å². The summed E-state index contributed by atoms with van der Waals surface area (Å²) in [5.74, 6) is -1.04. The standard InChI is InChI=1S/C27H40NO10P/c1-9-35-22(29)13-11-17(4)10-12-20-24(34-8)18(5)21-14-36-27(31)23(21)25(20)38-39(32,15-33-7)28-19(6)26(30)37-16(2)3/h10,16,19H,9,11-15H2,1-8H3,(H,28,32)/b17-10+/t19-,39?/m0/s1. The Morgan fingerprint density at radius 1 is 1.15 bits per heavy atom. The molecule has 1 aliphatic heterocycles. The number of hydrogen-bond donors (Lipinski definition) is 1. The molecule has 0 amide bonds. The highest BCUT2D eigenvalue weighted by Crippen LogP contribution is 2.51. The summed E-state index contributed by atoms with van der Waals surface area (Å²) in [6.07, 6.45) is 2.07. The van der Waals surface area contributed by atoms with Crippen molar-refractivity contribution in [1.29, 1.82) is 0 Å². The Bertz CT molecular complexity index is 1140. The van der Waals surface area contributed by atoms with Gasteiger partial charge in [-0.15, -0.1) is 0 Å². The summed E-state index contributed by atoms with van der Waals surface area (Å²) in [7, 11) is -1.08. The molecule has 0 bridgehead atoms. The SMILES string of the molecule is CCOC(=O)CC/C(C)=C/Cc1c(OC)c(C)c2c(c1OP(=O)(COC)N[C@@H](C)C(=O)OC(C)C)C(=O)OC2. The average Bonchev–Trinajstić information content (AvgIpc) is 3.25. The molecule has 2 rings (SSSR count). The molecule has 218 valence electrons. The highest BCUT2D eigenvalue weighted by molar-refractivity contribution is 7.57. The molecule has 0 saturated heterocycles. The maximum Gasteiger partial charge on any atom is 0.342 e. The molecule has 1 unspecified atom stereocenters. The van der Waals surface area contributed by atoms with Gasteiger partial charge in [-0.2, -0.15) is 0 Å². The van der Waals surface area contributed by atoms with Crippen LogP contribution in [0.15, 0.2) is 11.6 Å². The Labute approximate surface area is 230 Å². The zero-order chi connectivity index (χ0) is 29.3. The van der Waals surface area contributed by atoms with Gasteiger partial charge in [0.15, 0.2) is 0 Å². The van der Waals surface area contributed by atoms with E-state index in [2.05, 4.69) is 5.09 Å². The van der Waals surface area contributed by atoms with Crippen molar-refractivity contribution in [3.05, 3.63) is 33.9 Å². The van der Waals surface area contributed by atoms with Crippen LogP contribution >= 0.6 is 7.52 Å². The Kier molecular flexibility index (Phi) is 12.0. The van der Waals surface area contributed by atoms with Crippen LogP contribution in [0.2, 0.25) is 0 Å². The number of carbonyl (C=O) groups excluding carboxylic acids is 3. The topological polar surface area (TPSA) is 136 Å². The van der Waals surface area contributed by atoms with E-state index in [0.29, 0.717) is 35.5 Å². The number of cyclic esters (lactones) is 1. The second-order valence-corrected chi connectivity index (χ2v) is 11.5. The van der Waals surface area contributed by atoms with E-state index < -0.39 is 25.5 Å². The lowest BCUT2D eigenvalue weighted by Crippen LogP contribution is -2.36. The lowest BCUT2D eigenvalue weighted by Gasteiger charge is -2.26. The molecule has 0 fully saturated rings. The highest BCUT2D eigenvalue weighted by Gasteiger charge is 2.38. The first kappa shape index (κ1) is 32.3. The van der Waals surface area contributed by atoms with Gasteiger partial charge in [0.2, 0.25) is 0 Å². The maximum absolute atomic E-state index is 14.0. The van der Waals surface area contributed by atoms with Gasteiger partial charge >= 0.3 is 25.4 Å². The zero-order valence-corrected chi connectivity index (χ0v) is 24.9. The van der Waals surface area contributed by atoms with Crippen LogP contribution in [0.4, 0.5) is 0 Å². The van der Waals surface area contributed by atoms with Gasteiger partial charge < -0.3 is 28.2 Å². The Morgan fingerprint density at radius 2 is 1.85 bits per heavy atom. The summed E-state index contributed by atoms with van der Waals surface area (Å²) >= 11 is 0. The quantitative estimate of drug-likeness (QED) is 0.137. The Balaban J connectivity index is 2.54. The van der Waals surface area contributed by atoms with Crippen LogP contribution in [0, 0.1) is 6.92 Å². The zero-order valence-electron chi connectivity index (χ0n) is 24.0. The first-order valence-corrected chi connectivity index (χ1v) is 14.6. The number of carbonyl (C=O) groups is 3. The second kappa shape index (κ2) is 14.5. The summed E-state index contributed by atoms with van der Waals surface area (Å²) in [5, 5.41) is 2.72. The molecule has 39 heavy (non-hydrogen) atoms. The molecule has 0 spiro atoms. The normalized spacial score (nSPS) is 15.3.